The minimum Gasteiger partial charge on any atom is -0.370 e. The van der Waals surface area contributed by atoms with Gasteiger partial charge in [-0.25, -0.2) is 0 Å². The molecule has 0 saturated carbocycles. The fourth-order valence-electron chi connectivity index (χ4n) is 2.37. The number of nitrogens with two attached hydrogens (primary N) is 1. The van der Waals surface area contributed by atoms with E-state index in [1.54, 1.807) is 6.20 Å². The molecule has 3 nitrogen and oxygen atoms in total. The zero-order valence-electron chi connectivity index (χ0n) is 12.6. The zero-order chi connectivity index (χ0) is 15.2. The minimum absolute atomic E-state index is 0.161. The predicted octanol–water partition coefficient (Wildman–Crippen LogP) is 3.65. The molecule has 1 heterocycles. The Balaban J connectivity index is 2.21. The quantitative estimate of drug-likeness (QED) is 0.885. The summed E-state index contributed by atoms with van der Waals surface area (Å²) < 4.78 is 0. The molecule has 0 saturated heterocycles. The molecule has 1 atom stereocenters. The molecule has 0 radical (unpaired) electrons. The molecule has 0 aliphatic rings. The predicted molar refractivity (Wildman–Crippen MR) is 89.8 cm³/mol. The molecule has 0 spiro atoms. The molecule has 0 amide bonds. The van der Waals surface area contributed by atoms with E-state index in [1.165, 1.54) is 16.8 Å². The lowest BCUT2D eigenvalue weighted by Gasteiger charge is -2.24. The van der Waals surface area contributed by atoms with E-state index in [0.717, 1.165) is 24.4 Å². The topological polar surface area (TPSA) is 42.1 Å². The van der Waals surface area contributed by atoms with Crippen molar-refractivity contribution >= 4 is 17.3 Å². The van der Waals surface area contributed by atoms with E-state index in [0.29, 0.717) is 0 Å². The van der Waals surface area contributed by atoms with Crippen molar-refractivity contribution in [1.82, 2.24) is 4.98 Å². The van der Waals surface area contributed by atoms with Crippen molar-refractivity contribution in [3.63, 3.8) is 0 Å². The van der Waals surface area contributed by atoms with Crippen molar-refractivity contribution in [2.75, 3.05) is 11.9 Å². The summed E-state index contributed by atoms with van der Waals surface area (Å²) in [5.74, 6) is 0. The summed E-state index contributed by atoms with van der Waals surface area (Å²) in [5.41, 5.74) is 9.66. The highest BCUT2D eigenvalue weighted by atomic mass is 35.5. The van der Waals surface area contributed by atoms with Crippen LogP contribution in [0.4, 0.5) is 5.69 Å². The van der Waals surface area contributed by atoms with Crippen molar-refractivity contribution in [2.45, 2.75) is 32.4 Å². The fraction of sp³-hybridized carbons (Fsp3) is 0.353. The van der Waals surface area contributed by atoms with Crippen LogP contribution in [0.2, 0.25) is 5.02 Å². The maximum absolute atomic E-state index is 6.14. The molecule has 1 aromatic carbocycles. The van der Waals surface area contributed by atoms with Gasteiger partial charge in [0.2, 0.25) is 0 Å². The van der Waals surface area contributed by atoms with Gasteiger partial charge < -0.3 is 10.6 Å². The zero-order valence-corrected chi connectivity index (χ0v) is 13.3. The van der Waals surface area contributed by atoms with E-state index in [1.807, 2.05) is 24.4 Å². The highest BCUT2D eigenvalue weighted by Gasteiger charge is 2.11. The van der Waals surface area contributed by atoms with Crippen LogP contribution in [-0.4, -0.2) is 18.1 Å². The first-order valence-electron chi connectivity index (χ1n) is 7.24. The van der Waals surface area contributed by atoms with Gasteiger partial charge in [0.05, 0.1) is 0 Å². The molecule has 1 unspecified atom stereocenters. The molecule has 0 aliphatic carbocycles. The van der Waals surface area contributed by atoms with Crippen LogP contribution in [0.5, 0.6) is 0 Å². The number of aromatic nitrogens is 1. The number of halogens is 1. The Bertz CT molecular complexity index is 572. The van der Waals surface area contributed by atoms with Gasteiger partial charge in [0, 0.05) is 42.7 Å². The summed E-state index contributed by atoms with van der Waals surface area (Å²) in [6.45, 7) is 2.91. The Morgan fingerprint density at radius 3 is 2.81 bits per heavy atom. The van der Waals surface area contributed by atoms with Gasteiger partial charge in [-0.15, -0.1) is 0 Å². The molecular formula is C17H22ClN3. The molecule has 112 valence electrons. The number of hydrogen-bond acceptors (Lipinski definition) is 3. The Morgan fingerprint density at radius 2 is 2.14 bits per heavy atom. The normalized spacial score (nSPS) is 12.2. The molecule has 2 aromatic rings. The van der Waals surface area contributed by atoms with Crippen LogP contribution in [0.15, 0.2) is 42.7 Å². The standard InChI is InChI=1S/C17H22ClN3/c1-3-16(19)10-14-9-15(18)6-7-17(14)21(2)12-13-5-4-8-20-11-13/h4-9,11,16H,3,10,12,19H2,1-2H3. The lowest BCUT2D eigenvalue weighted by Crippen LogP contribution is -2.24. The second-order valence-electron chi connectivity index (χ2n) is 5.36. The minimum atomic E-state index is 0.161. The summed E-state index contributed by atoms with van der Waals surface area (Å²) in [6, 6.07) is 10.2. The van der Waals surface area contributed by atoms with Crippen LogP contribution in [0.25, 0.3) is 0 Å². The molecular weight excluding hydrogens is 282 g/mol. The summed E-state index contributed by atoms with van der Waals surface area (Å²) in [6.07, 6.45) is 5.48. The molecule has 1 aromatic heterocycles. The first-order valence-corrected chi connectivity index (χ1v) is 7.62. The average Bonchev–Trinajstić information content (AvgIpc) is 2.48. The summed E-state index contributed by atoms with van der Waals surface area (Å²) in [4.78, 5) is 6.38. The van der Waals surface area contributed by atoms with E-state index in [-0.39, 0.29) is 6.04 Å². The number of benzene rings is 1. The number of hydrogen-bond donors (Lipinski definition) is 1. The molecule has 2 rings (SSSR count). The molecule has 0 bridgehead atoms. The number of nitrogens with zero attached hydrogens (tertiary/aromatic N) is 2. The average molecular weight is 304 g/mol. The summed E-state index contributed by atoms with van der Waals surface area (Å²) >= 11 is 6.14. The summed E-state index contributed by atoms with van der Waals surface area (Å²) in [7, 11) is 2.08. The largest absolute Gasteiger partial charge is 0.370 e. The van der Waals surface area contributed by atoms with E-state index in [2.05, 4.69) is 36.0 Å². The van der Waals surface area contributed by atoms with E-state index in [9.17, 15) is 0 Å². The van der Waals surface area contributed by atoms with Crippen molar-refractivity contribution in [2.24, 2.45) is 5.73 Å². The van der Waals surface area contributed by atoms with Crippen molar-refractivity contribution in [3.8, 4) is 0 Å². The van der Waals surface area contributed by atoms with Crippen molar-refractivity contribution < 1.29 is 0 Å². The third kappa shape index (κ3) is 4.45. The van der Waals surface area contributed by atoms with E-state index < -0.39 is 0 Å². The van der Waals surface area contributed by atoms with Crippen molar-refractivity contribution in [3.05, 3.63) is 58.9 Å². The second kappa shape index (κ2) is 7.43. The van der Waals surface area contributed by atoms with Gasteiger partial charge in [0.15, 0.2) is 0 Å². The van der Waals surface area contributed by atoms with Gasteiger partial charge >= 0.3 is 0 Å². The highest BCUT2D eigenvalue weighted by molar-refractivity contribution is 6.30. The van der Waals surface area contributed by atoms with Gasteiger partial charge in [-0.1, -0.05) is 24.6 Å². The first kappa shape index (κ1) is 15.8. The number of pyridine rings is 1. The SMILES string of the molecule is CCC(N)Cc1cc(Cl)ccc1N(C)Cc1cccnc1. The molecule has 2 N–H and O–H groups in total. The number of anilines is 1. The van der Waals surface area contributed by atoms with Crippen LogP contribution in [0.3, 0.4) is 0 Å². The third-order valence-corrected chi connectivity index (χ3v) is 3.84. The summed E-state index contributed by atoms with van der Waals surface area (Å²) in [5, 5.41) is 0.756. The smallest absolute Gasteiger partial charge is 0.0441 e. The Labute approximate surface area is 131 Å². The first-order chi connectivity index (χ1) is 10.1. The lowest BCUT2D eigenvalue weighted by atomic mass is 10.0. The third-order valence-electron chi connectivity index (χ3n) is 3.60. The van der Waals surface area contributed by atoms with Crippen molar-refractivity contribution in [1.29, 1.82) is 0 Å². The van der Waals surface area contributed by atoms with Crippen LogP contribution < -0.4 is 10.6 Å². The van der Waals surface area contributed by atoms with E-state index in [4.69, 9.17) is 17.3 Å². The fourth-order valence-corrected chi connectivity index (χ4v) is 2.56. The maximum Gasteiger partial charge on any atom is 0.0441 e. The lowest BCUT2D eigenvalue weighted by molar-refractivity contribution is 0.645. The Kier molecular flexibility index (Phi) is 5.59. The highest BCUT2D eigenvalue weighted by Crippen LogP contribution is 2.26. The van der Waals surface area contributed by atoms with Crippen LogP contribution >= 0.6 is 11.6 Å². The Morgan fingerprint density at radius 1 is 1.33 bits per heavy atom. The van der Waals surface area contributed by atoms with Gasteiger partial charge in [-0.05, 0) is 48.2 Å². The molecule has 0 aliphatic heterocycles. The van der Waals surface area contributed by atoms with Gasteiger partial charge in [-0.3, -0.25) is 4.98 Å². The van der Waals surface area contributed by atoms with Gasteiger partial charge in [-0.2, -0.15) is 0 Å². The van der Waals surface area contributed by atoms with Crippen LogP contribution in [0.1, 0.15) is 24.5 Å². The van der Waals surface area contributed by atoms with E-state index >= 15 is 0 Å². The maximum atomic E-state index is 6.14. The van der Waals surface area contributed by atoms with Gasteiger partial charge in [0.25, 0.3) is 0 Å². The molecule has 4 heteroatoms. The number of rotatable bonds is 6. The van der Waals surface area contributed by atoms with Crippen LogP contribution in [0, 0.1) is 0 Å². The monoisotopic (exact) mass is 303 g/mol. The molecule has 0 fully saturated rings. The Hall–Kier alpha value is -1.58. The molecule has 21 heavy (non-hydrogen) atoms. The van der Waals surface area contributed by atoms with Crippen LogP contribution in [-0.2, 0) is 13.0 Å². The second-order valence-corrected chi connectivity index (χ2v) is 5.80. The van der Waals surface area contributed by atoms with Gasteiger partial charge in [0.1, 0.15) is 0 Å².